The largest absolute Gasteiger partial charge is 0.352 e. The minimum Gasteiger partial charge on any atom is -0.352 e. The fourth-order valence-electron chi connectivity index (χ4n) is 2.14. The molecule has 0 aliphatic rings. The van der Waals surface area contributed by atoms with Crippen LogP contribution in [-0.2, 0) is 6.54 Å². The summed E-state index contributed by atoms with van der Waals surface area (Å²) in [4.78, 5) is 13.1. The third-order valence-corrected chi connectivity index (χ3v) is 3.31. The fourth-order valence-corrected chi connectivity index (χ4v) is 2.14. The monoisotopic (exact) mass is 294 g/mol. The molecule has 0 fully saturated rings. The molecule has 6 nitrogen and oxygen atoms in total. The molecule has 0 unspecified atom stereocenters. The van der Waals surface area contributed by atoms with Crippen molar-refractivity contribution in [2.45, 2.75) is 25.9 Å². The van der Waals surface area contributed by atoms with E-state index in [0.717, 1.165) is 24.4 Å². The third kappa shape index (κ3) is 3.66. The number of nitrogens with one attached hydrogen (secondary N) is 1. The summed E-state index contributed by atoms with van der Waals surface area (Å²) in [5.74, 6) is 0.621. The quantitative estimate of drug-likeness (QED) is 0.757. The van der Waals surface area contributed by atoms with Crippen molar-refractivity contribution in [1.82, 2.24) is 24.7 Å². The first kappa shape index (κ1) is 14.2. The highest BCUT2D eigenvalue weighted by atomic mass is 15.3. The molecule has 0 radical (unpaired) electrons. The smallest absolute Gasteiger partial charge is 0.223 e. The Morgan fingerprint density at radius 2 is 2.00 bits per heavy atom. The van der Waals surface area contributed by atoms with Gasteiger partial charge < -0.3 is 5.32 Å². The first-order valence-corrected chi connectivity index (χ1v) is 7.30. The van der Waals surface area contributed by atoms with Crippen LogP contribution in [0.4, 0.5) is 5.95 Å². The summed E-state index contributed by atoms with van der Waals surface area (Å²) in [6.45, 7) is 2.97. The lowest BCUT2D eigenvalue weighted by Crippen LogP contribution is -2.19. The van der Waals surface area contributed by atoms with Gasteiger partial charge in [-0.05, 0) is 37.6 Å². The molecule has 3 aromatic rings. The van der Waals surface area contributed by atoms with Crippen LogP contribution >= 0.6 is 0 Å². The van der Waals surface area contributed by atoms with Gasteiger partial charge in [0.15, 0.2) is 0 Å². The summed E-state index contributed by atoms with van der Waals surface area (Å²) >= 11 is 0. The molecule has 0 amide bonds. The average molecular weight is 294 g/mol. The summed E-state index contributed by atoms with van der Waals surface area (Å²) in [7, 11) is 0. The summed E-state index contributed by atoms with van der Waals surface area (Å²) in [5, 5.41) is 7.52. The van der Waals surface area contributed by atoms with Crippen LogP contribution in [0.25, 0.3) is 11.4 Å². The molecular formula is C16H18N6. The van der Waals surface area contributed by atoms with E-state index < -0.39 is 0 Å². The van der Waals surface area contributed by atoms with Crippen LogP contribution in [0.15, 0.2) is 55.1 Å². The Balaban J connectivity index is 1.62. The summed E-state index contributed by atoms with van der Waals surface area (Å²) in [6, 6.07) is 9.82. The Morgan fingerprint density at radius 3 is 2.77 bits per heavy atom. The summed E-state index contributed by atoms with van der Waals surface area (Å²) in [5.41, 5.74) is 1.66. The van der Waals surface area contributed by atoms with Gasteiger partial charge in [-0.15, -0.1) is 0 Å². The van der Waals surface area contributed by atoms with Crippen LogP contribution in [0.1, 0.15) is 13.3 Å². The van der Waals surface area contributed by atoms with Crippen molar-refractivity contribution in [3.8, 4) is 11.4 Å². The van der Waals surface area contributed by atoms with Gasteiger partial charge in [0.1, 0.15) is 0 Å². The highest BCUT2D eigenvalue weighted by Crippen LogP contribution is 2.14. The molecule has 1 N–H and O–H groups in total. The molecule has 0 aliphatic carbocycles. The van der Waals surface area contributed by atoms with Crippen molar-refractivity contribution in [3.05, 3.63) is 55.1 Å². The minimum absolute atomic E-state index is 0.253. The Kier molecular flexibility index (Phi) is 4.38. The van der Waals surface area contributed by atoms with Gasteiger partial charge in [-0.2, -0.15) is 5.10 Å². The molecule has 112 valence electrons. The summed E-state index contributed by atoms with van der Waals surface area (Å²) < 4.78 is 1.92. The van der Waals surface area contributed by atoms with Crippen LogP contribution in [0.3, 0.4) is 0 Å². The maximum Gasteiger partial charge on any atom is 0.223 e. The molecule has 0 saturated heterocycles. The maximum absolute atomic E-state index is 4.52. The first-order chi connectivity index (χ1) is 10.8. The molecule has 0 spiro atoms. The van der Waals surface area contributed by atoms with Crippen LogP contribution in [-0.4, -0.2) is 30.8 Å². The van der Waals surface area contributed by atoms with E-state index >= 15 is 0 Å². The molecule has 3 aromatic heterocycles. The molecule has 0 saturated carbocycles. The highest BCUT2D eigenvalue weighted by molar-refractivity contribution is 5.54. The number of pyridine rings is 1. The Bertz CT molecular complexity index is 696. The summed E-state index contributed by atoms with van der Waals surface area (Å²) in [6.07, 6.45) is 8.21. The molecule has 0 aromatic carbocycles. The van der Waals surface area contributed by atoms with E-state index in [1.807, 2.05) is 41.2 Å². The number of rotatable bonds is 6. The van der Waals surface area contributed by atoms with Crippen molar-refractivity contribution in [3.63, 3.8) is 0 Å². The Hall–Kier alpha value is -2.76. The van der Waals surface area contributed by atoms with Gasteiger partial charge in [-0.25, -0.2) is 9.97 Å². The van der Waals surface area contributed by atoms with Crippen LogP contribution < -0.4 is 5.32 Å². The number of hydrogen-bond donors (Lipinski definition) is 1. The zero-order chi connectivity index (χ0) is 15.2. The molecule has 22 heavy (non-hydrogen) atoms. The second-order valence-corrected chi connectivity index (χ2v) is 5.08. The van der Waals surface area contributed by atoms with Gasteiger partial charge in [-0.1, -0.05) is 6.07 Å². The lowest BCUT2D eigenvalue weighted by molar-refractivity contribution is 0.544. The van der Waals surface area contributed by atoms with Crippen LogP contribution in [0.2, 0.25) is 0 Å². The van der Waals surface area contributed by atoms with E-state index in [4.69, 9.17) is 0 Å². The predicted octanol–water partition coefficient (Wildman–Crippen LogP) is 2.63. The maximum atomic E-state index is 4.52. The lowest BCUT2D eigenvalue weighted by Gasteiger charge is -2.14. The van der Waals surface area contributed by atoms with E-state index in [1.165, 1.54) is 0 Å². The lowest BCUT2D eigenvalue weighted by atomic mass is 10.2. The van der Waals surface area contributed by atoms with E-state index in [1.54, 1.807) is 18.6 Å². The molecule has 1 atom stereocenters. The first-order valence-electron chi connectivity index (χ1n) is 7.30. The Labute approximate surface area is 129 Å². The van der Waals surface area contributed by atoms with Crippen LogP contribution in [0.5, 0.6) is 0 Å². The number of nitrogens with zero attached hydrogens (tertiary/aromatic N) is 5. The average Bonchev–Trinajstić information content (AvgIpc) is 3.08. The van der Waals surface area contributed by atoms with Gasteiger partial charge in [0.05, 0.1) is 11.4 Å². The van der Waals surface area contributed by atoms with Gasteiger partial charge in [0.25, 0.3) is 0 Å². The zero-order valence-corrected chi connectivity index (χ0v) is 12.4. The van der Waals surface area contributed by atoms with Crippen molar-refractivity contribution in [2.75, 3.05) is 5.32 Å². The molecule has 3 heterocycles. The van der Waals surface area contributed by atoms with E-state index in [9.17, 15) is 0 Å². The van der Waals surface area contributed by atoms with Gasteiger partial charge >= 0.3 is 0 Å². The Morgan fingerprint density at radius 1 is 1.05 bits per heavy atom. The van der Waals surface area contributed by atoms with Crippen molar-refractivity contribution < 1.29 is 0 Å². The fraction of sp³-hybridized carbons (Fsp3) is 0.250. The predicted molar refractivity (Wildman–Crippen MR) is 85.2 cm³/mol. The zero-order valence-electron chi connectivity index (χ0n) is 12.4. The van der Waals surface area contributed by atoms with Crippen molar-refractivity contribution in [1.29, 1.82) is 0 Å². The molecular weight excluding hydrogens is 276 g/mol. The van der Waals surface area contributed by atoms with Crippen molar-refractivity contribution >= 4 is 5.95 Å². The third-order valence-electron chi connectivity index (χ3n) is 3.31. The molecule has 6 heteroatoms. The van der Waals surface area contributed by atoms with Gasteiger partial charge in [0, 0.05) is 37.4 Å². The normalized spacial score (nSPS) is 12.0. The number of anilines is 1. The van der Waals surface area contributed by atoms with Gasteiger partial charge in [0.2, 0.25) is 5.95 Å². The molecule has 3 rings (SSSR count). The van der Waals surface area contributed by atoms with Crippen molar-refractivity contribution in [2.24, 2.45) is 0 Å². The topological polar surface area (TPSA) is 68.5 Å². The second kappa shape index (κ2) is 6.80. The number of hydrogen-bond acceptors (Lipinski definition) is 5. The van der Waals surface area contributed by atoms with Crippen LogP contribution in [0, 0.1) is 0 Å². The number of aromatic nitrogens is 5. The van der Waals surface area contributed by atoms with E-state index in [0.29, 0.717) is 5.95 Å². The van der Waals surface area contributed by atoms with E-state index in [-0.39, 0.29) is 6.04 Å². The highest BCUT2D eigenvalue weighted by Gasteiger charge is 2.07. The SMILES string of the molecule is C[C@H](CCn1cccn1)Nc1nccc(-c2ccccn2)n1. The molecule has 0 aliphatic heterocycles. The second-order valence-electron chi connectivity index (χ2n) is 5.08. The number of aryl methyl sites for hydroxylation is 1. The minimum atomic E-state index is 0.253. The van der Waals surface area contributed by atoms with Gasteiger partial charge in [-0.3, -0.25) is 9.67 Å². The van der Waals surface area contributed by atoms with E-state index in [2.05, 4.69) is 32.3 Å². The molecule has 0 bridgehead atoms. The standard InChI is InChI=1S/C16H18N6/c1-13(7-12-22-11-4-9-19-22)20-16-18-10-6-15(21-16)14-5-2-3-8-17-14/h2-6,8-11,13H,7,12H2,1H3,(H,18,20,21)/t13-/m1/s1.